The number of fused-ring (bicyclic) bond motifs is 1. The molecule has 0 radical (unpaired) electrons. The third-order valence-corrected chi connectivity index (χ3v) is 9.54. The molecular weight excluding hydrogens is 583 g/mol. The van der Waals surface area contributed by atoms with Crippen LogP contribution in [-0.2, 0) is 10.2 Å². The molecular formula is C34H45F5O5. The standard InChI is InChI=1S/C34H45F5O5/c1-3-32(30(42)43,20-10-11-21-33(35,36)34(37,38)39)19-9-7-5-4-6-8-12-28-27-18-17-26(41)22-29(27)44-23-31(28,2)24-13-15-25(40)16-14-24/h13-18,22,28,40-41H,3-12,19-21,23H2,1-2H3,(H,42,43). The van der Waals surface area contributed by atoms with Crippen molar-refractivity contribution in [2.75, 3.05) is 6.61 Å². The van der Waals surface area contributed by atoms with Crippen LogP contribution < -0.4 is 4.74 Å². The largest absolute Gasteiger partial charge is 0.508 e. The normalized spacial score (nSPS) is 20.0. The van der Waals surface area contributed by atoms with Gasteiger partial charge in [-0.1, -0.05) is 77.0 Å². The van der Waals surface area contributed by atoms with Crippen LogP contribution in [-0.4, -0.2) is 40.0 Å². The van der Waals surface area contributed by atoms with E-state index in [2.05, 4.69) is 6.92 Å². The molecule has 0 aliphatic carbocycles. The highest BCUT2D eigenvalue weighted by Gasteiger charge is 2.56. The van der Waals surface area contributed by atoms with Crippen molar-refractivity contribution in [3.05, 3.63) is 53.6 Å². The van der Waals surface area contributed by atoms with Crippen molar-refractivity contribution in [3.8, 4) is 17.2 Å². The van der Waals surface area contributed by atoms with Gasteiger partial charge in [-0.25, -0.2) is 0 Å². The Labute approximate surface area is 256 Å². The minimum atomic E-state index is -5.59. The van der Waals surface area contributed by atoms with Gasteiger partial charge in [0.1, 0.15) is 17.2 Å². The molecule has 0 saturated carbocycles. The second-order valence-corrected chi connectivity index (χ2v) is 12.5. The lowest BCUT2D eigenvalue weighted by atomic mass is 9.66. The maximum absolute atomic E-state index is 13.2. The first kappa shape index (κ1) is 35.4. The van der Waals surface area contributed by atoms with Gasteiger partial charge in [0.15, 0.2) is 0 Å². The fourth-order valence-electron chi connectivity index (χ4n) is 6.52. The molecule has 2 aromatic rings. The number of rotatable bonds is 17. The van der Waals surface area contributed by atoms with Gasteiger partial charge in [-0.15, -0.1) is 0 Å². The monoisotopic (exact) mass is 628 g/mol. The summed E-state index contributed by atoms with van der Waals surface area (Å²) in [6.45, 7) is 4.32. The van der Waals surface area contributed by atoms with E-state index >= 15 is 0 Å². The molecule has 1 heterocycles. The van der Waals surface area contributed by atoms with E-state index in [4.69, 9.17) is 4.74 Å². The third kappa shape index (κ3) is 8.57. The molecule has 3 unspecified atom stereocenters. The summed E-state index contributed by atoms with van der Waals surface area (Å²) in [6, 6.07) is 12.4. The molecule has 2 aromatic carbocycles. The number of halogens is 5. The molecule has 1 aliphatic rings. The van der Waals surface area contributed by atoms with Crippen LogP contribution in [0.4, 0.5) is 22.0 Å². The average molecular weight is 629 g/mol. The fourth-order valence-corrected chi connectivity index (χ4v) is 6.52. The predicted molar refractivity (Wildman–Crippen MR) is 159 cm³/mol. The molecule has 0 aromatic heterocycles. The summed E-state index contributed by atoms with van der Waals surface area (Å²) in [4.78, 5) is 12.1. The summed E-state index contributed by atoms with van der Waals surface area (Å²) in [5, 5.41) is 29.6. The van der Waals surface area contributed by atoms with E-state index < -0.39 is 29.9 Å². The van der Waals surface area contributed by atoms with E-state index in [-0.39, 0.29) is 42.1 Å². The van der Waals surface area contributed by atoms with Crippen molar-refractivity contribution in [3.63, 3.8) is 0 Å². The van der Waals surface area contributed by atoms with Crippen molar-refractivity contribution >= 4 is 5.97 Å². The Morgan fingerprint density at radius 2 is 1.39 bits per heavy atom. The van der Waals surface area contributed by atoms with Gasteiger partial charge in [0.25, 0.3) is 0 Å². The average Bonchev–Trinajstić information content (AvgIpc) is 2.96. The Kier molecular flexibility index (Phi) is 11.9. The van der Waals surface area contributed by atoms with E-state index in [1.165, 1.54) is 0 Å². The number of phenols is 2. The maximum Gasteiger partial charge on any atom is 0.453 e. The molecule has 246 valence electrons. The summed E-state index contributed by atoms with van der Waals surface area (Å²) in [6.07, 6.45) is -0.411. The molecule has 0 fully saturated rings. The number of aromatic hydroxyl groups is 2. The quantitative estimate of drug-likeness (QED) is 0.120. The first-order chi connectivity index (χ1) is 20.6. The van der Waals surface area contributed by atoms with E-state index in [0.29, 0.717) is 31.6 Å². The van der Waals surface area contributed by atoms with Crippen LogP contribution in [0.3, 0.4) is 0 Å². The Morgan fingerprint density at radius 3 is 1.98 bits per heavy atom. The first-order valence-electron chi connectivity index (χ1n) is 15.6. The molecule has 0 bridgehead atoms. The number of ether oxygens (including phenoxy) is 1. The highest BCUT2D eigenvalue weighted by molar-refractivity contribution is 5.74. The number of hydrogen-bond donors (Lipinski definition) is 3. The Hall–Kier alpha value is -3.04. The van der Waals surface area contributed by atoms with Gasteiger partial charge >= 0.3 is 18.1 Å². The van der Waals surface area contributed by atoms with Crippen molar-refractivity contribution in [1.29, 1.82) is 0 Å². The molecule has 5 nitrogen and oxygen atoms in total. The summed E-state index contributed by atoms with van der Waals surface area (Å²) >= 11 is 0. The second-order valence-electron chi connectivity index (χ2n) is 12.5. The molecule has 3 N–H and O–H groups in total. The zero-order valence-corrected chi connectivity index (χ0v) is 25.6. The van der Waals surface area contributed by atoms with E-state index in [1.54, 1.807) is 31.2 Å². The number of benzene rings is 2. The van der Waals surface area contributed by atoms with Crippen LogP contribution >= 0.6 is 0 Å². The van der Waals surface area contributed by atoms with Gasteiger partial charge in [0.05, 0.1) is 12.0 Å². The lowest BCUT2D eigenvalue weighted by Gasteiger charge is -2.43. The van der Waals surface area contributed by atoms with Gasteiger partial charge in [-0.05, 0) is 61.4 Å². The van der Waals surface area contributed by atoms with Crippen LogP contribution in [0, 0.1) is 5.41 Å². The third-order valence-electron chi connectivity index (χ3n) is 9.54. The van der Waals surface area contributed by atoms with Crippen LogP contribution in [0.1, 0.15) is 114 Å². The molecule has 3 atom stereocenters. The topological polar surface area (TPSA) is 87.0 Å². The number of hydrogen-bond acceptors (Lipinski definition) is 4. The molecule has 10 heteroatoms. The minimum Gasteiger partial charge on any atom is -0.508 e. The van der Waals surface area contributed by atoms with Gasteiger partial charge in [0.2, 0.25) is 0 Å². The molecule has 0 saturated heterocycles. The predicted octanol–water partition coefficient (Wildman–Crippen LogP) is 9.89. The Bertz CT molecular complexity index is 1220. The molecule has 0 spiro atoms. The summed E-state index contributed by atoms with van der Waals surface area (Å²) < 4.78 is 69.8. The second kappa shape index (κ2) is 14.8. The number of carboxylic acids is 1. The van der Waals surface area contributed by atoms with Crippen LogP contribution in [0.25, 0.3) is 0 Å². The zero-order valence-electron chi connectivity index (χ0n) is 25.6. The fraction of sp³-hybridized carbons (Fsp3) is 0.618. The van der Waals surface area contributed by atoms with Crippen molar-refractivity contribution in [2.24, 2.45) is 5.41 Å². The van der Waals surface area contributed by atoms with Gasteiger partial charge in [-0.2, -0.15) is 22.0 Å². The highest BCUT2D eigenvalue weighted by Crippen LogP contribution is 2.50. The number of unbranched alkanes of at least 4 members (excludes halogenated alkanes) is 6. The van der Waals surface area contributed by atoms with Crippen molar-refractivity contribution in [1.82, 2.24) is 0 Å². The van der Waals surface area contributed by atoms with Crippen molar-refractivity contribution < 1.29 is 46.8 Å². The number of carboxylic acid groups (broad SMARTS) is 1. The summed E-state index contributed by atoms with van der Waals surface area (Å²) in [5.74, 6) is -4.63. The number of phenolic OH excluding ortho intramolecular Hbond substituents is 2. The lowest BCUT2D eigenvalue weighted by molar-refractivity contribution is -0.284. The highest BCUT2D eigenvalue weighted by atomic mass is 19.4. The van der Waals surface area contributed by atoms with Gasteiger partial charge in [-0.3, -0.25) is 4.79 Å². The van der Waals surface area contributed by atoms with Crippen molar-refractivity contribution in [2.45, 2.75) is 121 Å². The Balaban J connectivity index is 1.48. The Morgan fingerprint density at radius 1 is 0.841 bits per heavy atom. The molecule has 3 rings (SSSR count). The number of alkyl halides is 5. The van der Waals surface area contributed by atoms with E-state index in [0.717, 1.165) is 49.7 Å². The van der Waals surface area contributed by atoms with Crippen LogP contribution in [0.5, 0.6) is 17.2 Å². The smallest absolute Gasteiger partial charge is 0.453 e. The zero-order chi connectivity index (χ0) is 32.6. The maximum atomic E-state index is 13.2. The van der Waals surface area contributed by atoms with Crippen LogP contribution in [0.2, 0.25) is 0 Å². The minimum absolute atomic E-state index is 0.00380. The lowest BCUT2D eigenvalue weighted by Crippen LogP contribution is -2.40. The van der Waals surface area contributed by atoms with E-state index in [1.807, 2.05) is 18.2 Å². The van der Waals surface area contributed by atoms with Crippen LogP contribution in [0.15, 0.2) is 42.5 Å². The molecule has 0 amide bonds. The molecule has 44 heavy (non-hydrogen) atoms. The van der Waals surface area contributed by atoms with Gasteiger partial charge < -0.3 is 20.1 Å². The van der Waals surface area contributed by atoms with Gasteiger partial charge in [0, 0.05) is 23.8 Å². The summed E-state index contributed by atoms with van der Waals surface area (Å²) in [7, 11) is 0. The first-order valence-corrected chi connectivity index (χ1v) is 15.6. The summed E-state index contributed by atoms with van der Waals surface area (Å²) in [5.41, 5.74) is 0.653. The molecule has 1 aliphatic heterocycles. The SMILES string of the molecule is CCC(CCCCCCCCC1c2ccc(O)cc2OCC1(C)c1ccc(O)cc1)(CCCCC(F)(F)C(F)(F)F)C(=O)O. The van der Waals surface area contributed by atoms with E-state index in [9.17, 15) is 42.1 Å². The number of carbonyl (C=O) groups is 1. The number of aliphatic carboxylic acids is 1.